The molecule has 5 rings (SSSR count). The van der Waals surface area contributed by atoms with Crippen molar-refractivity contribution in [3.8, 4) is 0 Å². The highest BCUT2D eigenvalue weighted by Crippen LogP contribution is 2.48. The van der Waals surface area contributed by atoms with Crippen molar-refractivity contribution < 1.29 is 18.7 Å². The van der Waals surface area contributed by atoms with Crippen molar-refractivity contribution in [1.82, 2.24) is 10.3 Å². The van der Waals surface area contributed by atoms with Crippen LogP contribution < -0.4 is 5.32 Å². The number of halogens is 1. The molecule has 0 bridgehead atoms. The molecule has 3 heterocycles. The van der Waals surface area contributed by atoms with Crippen molar-refractivity contribution in [1.29, 1.82) is 0 Å². The molecule has 5 nitrogen and oxygen atoms in total. The van der Waals surface area contributed by atoms with Crippen LogP contribution in [0.15, 0.2) is 70.5 Å². The zero-order valence-corrected chi connectivity index (χ0v) is 21.0. The van der Waals surface area contributed by atoms with Crippen LogP contribution in [-0.4, -0.2) is 16.7 Å². The summed E-state index contributed by atoms with van der Waals surface area (Å²) >= 11 is 1.50. The fourth-order valence-corrected chi connectivity index (χ4v) is 5.80. The second kappa shape index (κ2) is 8.72. The Morgan fingerprint density at radius 2 is 1.86 bits per heavy atom. The number of pyridine rings is 1. The zero-order valence-electron chi connectivity index (χ0n) is 20.1. The van der Waals surface area contributed by atoms with Crippen LogP contribution in [0, 0.1) is 11.7 Å². The Hall–Kier alpha value is -3.32. The maximum absolute atomic E-state index is 14.0. The first kappa shape index (κ1) is 23.4. The lowest BCUT2D eigenvalue weighted by Gasteiger charge is -2.34. The second-order valence-electron chi connectivity index (χ2n) is 9.71. The molecule has 35 heavy (non-hydrogen) atoms. The number of fused-ring (bicyclic) bond motifs is 1. The number of nitrogens with zero attached hydrogens (tertiary/aromatic N) is 1. The van der Waals surface area contributed by atoms with Crippen molar-refractivity contribution in [2.24, 2.45) is 5.92 Å². The van der Waals surface area contributed by atoms with Crippen LogP contribution in [0.4, 0.5) is 4.39 Å². The summed E-state index contributed by atoms with van der Waals surface area (Å²) in [5, 5.41) is 6.31. The molecule has 1 aliphatic carbocycles. The van der Waals surface area contributed by atoms with E-state index in [1.54, 1.807) is 32.2 Å². The van der Waals surface area contributed by atoms with Gasteiger partial charge in [0.15, 0.2) is 5.78 Å². The Bertz CT molecular complexity index is 1400. The van der Waals surface area contributed by atoms with Gasteiger partial charge in [0.1, 0.15) is 16.2 Å². The van der Waals surface area contributed by atoms with E-state index < -0.39 is 17.5 Å². The molecule has 0 spiro atoms. The molecule has 2 aliphatic rings. The van der Waals surface area contributed by atoms with Gasteiger partial charge in [0.25, 0.3) is 0 Å². The highest BCUT2D eigenvalue weighted by molar-refractivity contribution is 7.16. The number of thiophene rings is 1. The van der Waals surface area contributed by atoms with E-state index >= 15 is 0 Å². The summed E-state index contributed by atoms with van der Waals surface area (Å²) in [5.74, 6) is -1.26. The standard InChI is InChI=1S/C28H27FN2O3S/c1-15-22(16(2)32)23(21-14-35-26-20(21)6-5-13-30-26)24(25(31-15)17-7-8-17)27(33)34-28(3,4)18-9-11-19(29)12-10-18/h5-6,9-14,17,23,31H,7-8H2,1-4H3. The second-order valence-corrected chi connectivity index (χ2v) is 10.6. The maximum Gasteiger partial charge on any atom is 0.337 e. The van der Waals surface area contributed by atoms with Gasteiger partial charge >= 0.3 is 5.97 Å². The summed E-state index contributed by atoms with van der Waals surface area (Å²) in [5.41, 5.74) is 3.20. The number of hydrogen-bond acceptors (Lipinski definition) is 6. The molecule has 1 aliphatic heterocycles. The summed E-state index contributed by atoms with van der Waals surface area (Å²) in [6.45, 7) is 7.01. The van der Waals surface area contributed by atoms with Crippen LogP contribution in [0.25, 0.3) is 10.2 Å². The molecule has 1 atom stereocenters. The number of hydrogen-bond donors (Lipinski definition) is 1. The molecule has 0 saturated heterocycles. The van der Waals surface area contributed by atoms with E-state index in [0.717, 1.165) is 40.0 Å². The fourth-order valence-electron chi connectivity index (χ4n) is 4.86. The Morgan fingerprint density at radius 3 is 2.51 bits per heavy atom. The third-order valence-corrected chi connectivity index (χ3v) is 7.68. The van der Waals surface area contributed by atoms with Gasteiger partial charge in [0.2, 0.25) is 0 Å². The van der Waals surface area contributed by atoms with E-state index in [4.69, 9.17) is 4.74 Å². The lowest BCUT2D eigenvalue weighted by atomic mass is 9.78. The number of ether oxygens (including phenoxy) is 1. The molecule has 1 fully saturated rings. The molecule has 1 N–H and O–H groups in total. The number of rotatable bonds is 6. The highest BCUT2D eigenvalue weighted by Gasteiger charge is 2.43. The van der Waals surface area contributed by atoms with E-state index in [1.165, 1.54) is 30.4 Å². The Balaban J connectivity index is 1.64. The van der Waals surface area contributed by atoms with Gasteiger partial charge in [-0.2, -0.15) is 0 Å². The van der Waals surface area contributed by atoms with Gasteiger partial charge in [-0.25, -0.2) is 14.2 Å². The molecule has 2 aromatic heterocycles. The number of Topliss-reactive ketones (excluding diaryl/α,β-unsaturated/α-hetero) is 1. The number of carbonyl (C=O) groups is 2. The van der Waals surface area contributed by atoms with Crippen molar-refractivity contribution in [2.45, 2.75) is 52.1 Å². The van der Waals surface area contributed by atoms with Gasteiger partial charge in [-0.15, -0.1) is 11.3 Å². The van der Waals surface area contributed by atoms with Crippen molar-refractivity contribution in [3.05, 3.63) is 87.5 Å². The summed E-state index contributed by atoms with van der Waals surface area (Å²) < 4.78 is 19.6. The van der Waals surface area contributed by atoms with E-state index in [-0.39, 0.29) is 17.5 Å². The van der Waals surface area contributed by atoms with Crippen molar-refractivity contribution in [2.75, 3.05) is 0 Å². The number of nitrogens with one attached hydrogen (secondary N) is 1. The van der Waals surface area contributed by atoms with E-state index in [9.17, 15) is 14.0 Å². The number of aromatic nitrogens is 1. The van der Waals surface area contributed by atoms with Gasteiger partial charge in [0, 0.05) is 34.5 Å². The Morgan fingerprint density at radius 1 is 1.14 bits per heavy atom. The van der Waals surface area contributed by atoms with Gasteiger partial charge in [-0.05, 0) is 81.2 Å². The first-order valence-corrected chi connectivity index (χ1v) is 12.6. The smallest absolute Gasteiger partial charge is 0.337 e. The quantitative estimate of drug-likeness (QED) is 0.421. The molecule has 3 aromatic rings. The van der Waals surface area contributed by atoms with Gasteiger partial charge < -0.3 is 10.1 Å². The molecule has 7 heteroatoms. The molecular formula is C28H27FN2O3S. The summed E-state index contributed by atoms with van der Waals surface area (Å²) in [7, 11) is 0. The number of dihydropyridines is 1. The zero-order chi connectivity index (χ0) is 24.9. The minimum Gasteiger partial charge on any atom is -0.451 e. The van der Waals surface area contributed by atoms with Gasteiger partial charge in [0.05, 0.1) is 5.57 Å². The molecule has 0 radical (unpaired) electrons. The van der Waals surface area contributed by atoms with Crippen LogP contribution >= 0.6 is 11.3 Å². The number of esters is 1. The van der Waals surface area contributed by atoms with E-state index in [2.05, 4.69) is 10.3 Å². The number of benzene rings is 1. The van der Waals surface area contributed by atoms with Crippen LogP contribution in [0.2, 0.25) is 0 Å². The molecule has 1 saturated carbocycles. The summed E-state index contributed by atoms with van der Waals surface area (Å²) in [4.78, 5) is 32.2. The highest BCUT2D eigenvalue weighted by atomic mass is 32.1. The largest absolute Gasteiger partial charge is 0.451 e. The predicted molar refractivity (Wildman–Crippen MR) is 134 cm³/mol. The lowest BCUT2D eigenvalue weighted by molar-refractivity contribution is -0.152. The molecule has 1 unspecified atom stereocenters. The summed E-state index contributed by atoms with van der Waals surface area (Å²) in [6.07, 6.45) is 3.69. The van der Waals surface area contributed by atoms with Crippen LogP contribution in [-0.2, 0) is 19.9 Å². The third-order valence-electron chi connectivity index (χ3n) is 6.76. The van der Waals surface area contributed by atoms with E-state index in [0.29, 0.717) is 16.7 Å². The summed E-state index contributed by atoms with van der Waals surface area (Å²) in [6, 6.07) is 9.80. The van der Waals surface area contributed by atoms with Crippen LogP contribution in [0.1, 0.15) is 57.6 Å². The monoisotopic (exact) mass is 490 g/mol. The number of carbonyl (C=O) groups excluding carboxylic acids is 2. The van der Waals surface area contributed by atoms with Crippen molar-refractivity contribution >= 4 is 33.3 Å². The molecule has 1 aromatic carbocycles. The first-order valence-electron chi connectivity index (χ1n) is 11.7. The average molecular weight is 491 g/mol. The van der Waals surface area contributed by atoms with Crippen molar-refractivity contribution in [3.63, 3.8) is 0 Å². The average Bonchev–Trinajstić information content (AvgIpc) is 3.57. The molecule has 0 amide bonds. The third kappa shape index (κ3) is 4.29. The van der Waals surface area contributed by atoms with Gasteiger partial charge in [-0.3, -0.25) is 4.79 Å². The van der Waals surface area contributed by atoms with Crippen LogP contribution in [0.3, 0.4) is 0 Å². The number of ketones is 1. The minimum absolute atomic E-state index is 0.0961. The molecule has 180 valence electrons. The van der Waals surface area contributed by atoms with Gasteiger partial charge in [-0.1, -0.05) is 18.2 Å². The Labute approximate surface area is 207 Å². The lowest BCUT2D eigenvalue weighted by Crippen LogP contribution is -2.35. The van der Waals surface area contributed by atoms with Crippen LogP contribution in [0.5, 0.6) is 0 Å². The normalized spacial score (nSPS) is 18.6. The minimum atomic E-state index is -0.998. The fraction of sp³-hybridized carbons (Fsp3) is 0.321. The SMILES string of the molecule is CC(=O)C1=C(C)NC(C2CC2)=C(C(=O)OC(C)(C)c2ccc(F)cc2)C1c1csc2ncccc12. The molecular weight excluding hydrogens is 463 g/mol. The Kier molecular flexibility index (Phi) is 5.83. The first-order chi connectivity index (χ1) is 16.7. The topological polar surface area (TPSA) is 68.3 Å². The number of allylic oxidation sites excluding steroid dienone is 3. The predicted octanol–water partition coefficient (Wildman–Crippen LogP) is 6.13. The van der Waals surface area contributed by atoms with E-state index in [1.807, 2.05) is 24.4 Å². The maximum atomic E-state index is 14.0.